The maximum atomic E-state index is 11.2. The van der Waals surface area contributed by atoms with Gasteiger partial charge in [0.2, 0.25) is 0 Å². The fourth-order valence-corrected chi connectivity index (χ4v) is 3.52. The lowest BCUT2D eigenvalue weighted by atomic mass is 9.98. The van der Waals surface area contributed by atoms with Crippen molar-refractivity contribution < 1.29 is 14.7 Å². The van der Waals surface area contributed by atoms with Crippen LogP contribution in [0.2, 0.25) is 0 Å². The Morgan fingerprint density at radius 3 is 2.68 bits per heavy atom. The number of likely N-dealkylation sites (tertiary alicyclic amines) is 1. The first-order valence-corrected chi connectivity index (χ1v) is 10.4. The second kappa shape index (κ2) is 14.4. The van der Waals surface area contributed by atoms with E-state index in [9.17, 15) is 9.90 Å². The second-order valence-corrected chi connectivity index (χ2v) is 7.38. The summed E-state index contributed by atoms with van der Waals surface area (Å²) >= 11 is 0. The van der Waals surface area contributed by atoms with Crippen LogP contribution < -0.4 is 0 Å². The molecule has 1 aromatic carbocycles. The van der Waals surface area contributed by atoms with Gasteiger partial charge in [0.25, 0.3) is 0 Å². The predicted molar refractivity (Wildman–Crippen MR) is 116 cm³/mol. The molecule has 0 unspecified atom stereocenters. The maximum absolute atomic E-state index is 11.2. The van der Waals surface area contributed by atoms with Crippen molar-refractivity contribution in [2.75, 3.05) is 26.2 Å². The summed E-state index contributed by atoms with van der Waals surface area (Å²) in [5, 5.41) is 13.6. The van der Waals surface area contributed by atoms with Crippen molar-refractivity contribution in [1.29, 1.82) is 0 Å². The summed E-state index contributed by atoms with van der Waals surface area (Å²) in [7, 11) is 0. The minimum Gasteiger partial charge on any atom is -0.481 e. The molecule has 0 bridgehead atoms. The lowest BCUT2D eigenvalue weighted by Gasteiger charge is -2.29. The Bertz CT molecular complexity index is 580. The summed E-state index contributed by atoms with van der Waals surface area (Å²) in [4.78, 5) is 19.0. The van der Waals surface area contributed by atoms with Crippen LogP contribution in [0, 0.1) is 5.92 Å². The minimum atomic E-state index is -0.687. The van der Waals surface area contributed by atoms with Gasteiger partial charge in [0.05, 0.1) is 11.6 Å². The van der Waals surface area contributed by atoms with Crippen LogP contribution in [0.25, 0.3) is 0 Å². The quantitative estimate of drug-likeness (QED) is 0.299. The molecule has 1 aliphatic rings. The van der Waals surface area contributed by atoms with Gasteiger partial charge in [-0.15, -0.1) is 12.4 Å². The van der Waals surface area contributed by atoms with Crippen molar-refractivity contribution in [3.63, 3.8) is 0 Å². The fraction of sp³-hybridized carbons (Fsp3) is 0.636. The van der Waals surface area contributed by atoms with Crippen LogP contribution in [-0.2, 0) is 9.63 Å². The third kappa shape index (κ3) is 9.07. The van der Waals surface area contributed by atoms with Crippen LogP contribution in [0.1, 0.15) is 63.9 Å². The van der Waals surface area contributed by atoms with Crippen molar-refractivity contribution in [3.05, 3.63) is 35.9 Å². The SMILES string of the molecule is CCCCCCC/C(=N/OCCN1CCC[C@@H](C(=O)O)C1)c1ccccc1.Cl. The van der Waals surface area contributed by atoms with E-state index < -0.39 is 5.97 Å². The molecule has 158 valence electrons. The van der Waals surface area contributed by atoms with Crippen LogP contribution in [0.5, 0.6) is 0 Å². The number of halogens is 1. The average Bonchev–Trinajstić information content (AvgIpc) is 2.70. The normalized spacial score (nSPS) is 17.8. The Morgan fingerprint density at radius 1 is 1.21 bits per heavy atom. The summed E-state index contributed by atoms with van der Waals surface area (Å²) in [5.41, 5.74) is 2.13. The monoisotopic (exact) mass is 410 g/mol. The minimum absolute atomic E-state index is 0. The van der Waals surface area contributed by atoms with Gasteiger partial charge in [0.15, 0.2) is 0 Å². The van der Waals surface area contributed by atoms with Gasteiger partial charge in [-0.2, -0.15) is 0 Å². The highest BCUT2D eigenvalue weighted by atomic mass is 35.5. The summed E-state index contributed by atoms with van der Waals surface area (Å²) in [6.45, 7) is 5.02. The Hall–Kier alpha value is -1.59. The zero-order valence-corrected chi connectivity index (χ0v) is 17.8. The Kier molecular flexibility index (Phi) is 12.6. The summed E-state index contributed by atoms with van der Waals surface area (Å²) in [6.07, 6.45) is 8.82. The van der Waals surface area contributed by atoms with Gasteiger partial charge in [-0.25, -0.2) is 0 Å². The van der Waals surface area contributed by atoms with E-state index in [1.54, 1.807) is 0 Å². The third-order valence-corrected chi connectivity index (χ3v) is 5.15. The fourth-order valence-electron chi connectivity index (χ4n) is 3.52. The van der Waals surface area contributed by atoms with Crippen molar-refractivity contribution in [3.8, 4) is 0 Å². The first kappa shape index (κ1) is 24.4. The summed E-state index contributed by atoms with van der Waals surface area (Å²) in [5.74, 6) is -0.932. The molecule has 0 amide bonds. The zero-order chi connectivity index (χ0) is 19.3. The highest BCUT2D eigenvalue weighted by Gasteiger charge is 2.24. The van der Waals surface area contributed by atoms with E-state index in [-0.39, 0.29) is 18.3 Å². The maximum Gasteiger partial charge on any atom is 0.307 e. The van der Waals surface area contributed by atoms with Crippen LogP contribution >= 0.6 is 12.4 Å². The van der Waals surface area contributed by atoms with Gasteiger partial charge in [-0.3, -0.25) is 9.69 Å². The van der Waals surface area contributed by atoms with Crippen LogP contribution in [0.15, 0.2) is 35.5 Å². The largest absolute Gasteiger partial charge is 0.481 e. The molecule has 0 saturated carbocycles. The van der Waals surface area contributed by atoms with E-state index in [1.165, 1.54) is 25.7 Å². The smallest absolute Gasteiger partial charge is 0.307 e. The zero-order valence-electron chi connectivity index (χ0n) is 17.0. The van der Waals surface area contributed by atoms with Gasteiger partial charge in [-0.05, 0) is 37.8 Å². The van der Waals surface area contributed by atoms with E-state index in [2.05, 4.69) is 29.1 Å². The number of benzene rings is 1. The van der Waals surface area contributed by atoms with E-state index in [0.29, 0.717) is 13.2 Å². The first-order chi connectivity index (χ1) is 13.2. The highest BCUT2D eigenvalue weighted by Crippen LogP contribution is 2.16. The van der Waals surface area contributed by atoms with Crippen molar-refractivity contribution in [2.45, 2.75) is 58.3 Å². The summed E-state index contributed by atoms with van der Waals surface area (Å²) in [6, 6.07) is 10.2. The molecule has 6 heteroatoms. The first-order valence-electron chi connectivity index (χ1n) is 10.4. The number of aliphatic carboxylic acids is 1. The molecule has 1 heterocycles. The van der Waals surface area contributed by atoms with Gasteiger partial charge < -0.3 is 9.94 Å². The Balaban J connectivity index is 0.00000392. The van der Waals surface area contributed by atoms with E-state index in [4.69, 9.17) is 4.84 Å². The Morgan fingerprint density at radius 2 is 1.96 bits per heavy atom. The number of oxime groups is 1. The number of nitrogens with zero attached hydrogens (tertiary/aromatic N) is 2. The number of hydrogen-bond acceptors (Lipinski definition) is 4. The molecule has 1 aromatic rings. The standard InChI is InChI=1S/C22H34N2O3.ClH/c1-2-3-4-5-9-14-21(19-11-7-6-8-12-19)23-27-17-16-24-15-10-13-20(18-24)22(25)26;/h6-8,11-12,20H,2-5,9-10,13-18H2,1H3,(H,25,26);1H/b23-21-;/t20-;/m1./s1. The molecular formula is C22H35ClN2O3. The molecule has 1 N–H and O–H groups in total. The molecule has 1 saturated heterocycles. The van der Waals surface area contributed by atoms with Crippen LogP contribution in [-0.4, -0.2) is 47.9 Å². The van der Waals surface area contributed by atoms with E-state index in [1.807, 2.05) is 18.2 Å². The molecule has 5 nitrogen and oxygen atoms in total. The van der Waals surface area contributed by atoms with Gasteiger partial charge >= 0.3 is 5.97 Å². The number of rotatable bonds is 12. The Labute approximate surface area is 175 Å². The molecule has 2 rings (SSSR count). The number of hydrogen-bond donors (Lipinski definition) is 1. The van der Waals surface area contributed by atoms with Crippen molar-refractivity contribution in [2.24, 2.45) is 11.1 Å². The molecule has 0 aromatic heterocycles. The molecule has 28 heavy (non-hydrogen) atoms. The number of carboxylic acids is 1. The lowest BCUT2D eigenvalue weighted by molar-refractivity contribution is -0.143. The van der Waals surface area contributed by atoms with Crippen molar-refractivity contribution >= 4 is 24.1 Å². The van der Waals surface area contributed by atoms with E-state index in [0.717, 1.165) is 50.0 Å². The van der Waals surface area contributed by atoms with Gasteiger partial charge in [0, 0.05) is 13.1 Å². The molecule has 1 aliphatic heterocycles. The number of unbranched alkanes of at least 4 members (excludes halogenated alkanes) is 4. The number of piperidine rings is 1. The highest BCUT2D eigenvalue weighted by molar-refractivity contribution is 6.00. The predicted octanol–water partition coefficient (Wildman–Crippen LogP) is 4.99. The topological polar surface area (TPSA) is 62.1 Å². The van der Waals surface area contributed by atoms with E-state index >= 15 is 0 Å². The molecule has 0 aliphatic carbocycles. The number of carbonyl (C=O) groups is 1. The van der Waals surface area contributed by atoms with Gasteiger partial charge in [0.1, 0.15) is 6.61 Å². The van der Waals surface area contributed by atoms with Crippen LogP contribution in [0.3, 0.4) is 0 Å². The molecular weight excluding hydrogens is 376 g/mol. The molecule has 0 spiro atoms. The second-order valence-electron chi connectivity index (χ2n) is 7.38. The molecule has 1 fully saturated rings. The lowest BCUT2D eigenvalue weighted by Crippen LogP contribution is -2.40. The van der Waals surface area contributed by atoms with Gasteiger partial charge in [-0.1, -0.05) is 68.1 Å². The van der Waals surface area contributed by atoms with Crippen molar-refractivity contribution in [1.82, 2.24) is 4.90 Å². The number of carboxylic acid groups (broad SMARTS) is 1. The molecule has 0 radical (unpaired) electrons. The average molecular weight is 411 g/mol. The third-order valence-electron chi connectivity index (χ3n) is 5.15. The molecule has 1 atom stereocenters. The summed E-state index contributed by atoms with van der Waals surface area (Å²) < 4.78 is 0. The van der Waals surface area contributed by atoms with Crippen LogP contribution in [0.4, 0.5) is 0 Å².